The molecule has 11 heteroatoms. The van der Waals surface area contributed by atoms with Gasteiger partial charge in [-0.3, -0.25) is 19.2 Å². The Morgan fingerprint density at radius 1 is 0.909 bits per heavy atom. The fourth-order valence-electron chi connectivity index (χ4n) is 6.29. The molecule has 44 heavy (non-hydrogen) atoms. The van der Waals surface area contributed by atoms with E-state index in [1.165, 1.54) is 0 Å². The smallest absolute Gasteiger partial charge is 0.303 e. The number of aromatic amines is 2. The van der Waals surface area contributed by atoms with Crippen LogP contribution >= 0.6 is 12.6 Å². The average Bonchev–Trinajstić information content (AvgIpc) is 3.60. The second-order valence-electron chi connectivity index (χ2n) is 11.6. The molecule has 2 aliphatic heterocycles. The molecule has 0 saturated carbocycles. The second kappa shape index (κ2) is 13.8. The summed E-state index contributed by atoms with van der Waals surface area (Å²) in [4.78, 5) is 55.0. The van der Waals surface area contributed by atoms with E-state index in [4.69, 9.17) is 0 Å². The maximum Gasteiger partial charge on any atom is 0.303 e. The van der Waals surface area contributed by atoms with Crippen LogP contribution in [0.25, 0.3) is 12.2 Å². The molecule has 0 aliphatic carbocycles. The van der Waals surface area contributed by atoms with Gasteiger partial charge in [0, 0.05) is 52.6 Å². The number of aromatic nitrogens is 2. The van der Waals surface area contributed by atoms with Crippen molar-refractivity contribution in [1.29, 1.82) is 0 Å². The summed E-state index contributed by atoms with van der Waals surface area (Å²) >= 11 is 4.36. The minimum atomic E-state index is -0.911. The van der Waals surface area contributed by atoms with Crippen molar-refractivity contribution in [2.75, 3.05) is 5.75 Å². The van der Waals surface area contributed by atoms with Gasteiger partial charge >= 0.3 is 11.9 Å². The van der Waals surface area contributed by atoms with Crippen LogP contribution in [-0.2, 0) is 38.4 Å². The van der Waals surface area contributed by atoms with Gasteiger partial charge in [-0.15, -0.1) is 0 Å². The van der Waals surface area contributed by atoms with Crippen LogP contribution in [0, 0.1) is 19.8 Å². The Labute approximate surface area is 262 Å². The Morgan fingerprint density at radius 2 is 1.57 bits per heavy atom. The van der Waals surface area contributed by atoms with Crippen molar-refractivity contribution in [2.45, 2.75) is 85.6 Å². The number of carboxylic acids is 2. The van der Waals surface area contributed by atoms with Crippen molar-refractivity contribution in [1.82, 2.24) is 20.6 Å². The van der Waals surface area contributed by atoms with Gasteiger partial charge in [-0.25, -0.2) is 0 Å². The molecule has 1 unspecified atom stereocenters. The van der Waals surface area contributed by atoms with Crippen molar-refractivity contribution in [3.63, 3.8) is 0 Å². The summed E-state index contributed by atoms with van der Waals surface area (Å²) in [5, 5.41) is 26.4. The number of aliphatic carboxylic acids is 2. The van der Waals surface area contributed by atoms with E-state index in [1.54, 1.807) is 0 Å². The van der Waals surface area contributed by atoms with Crippen LogP contribution < -0.4 is 21.3 Å². The van der Waals surface area contributed by atoms with Gasteiger partial charge in [0.25, 0.3) is 0 Å². The zero-order chi connectivity index (χ0) is 32.3. The number of thiol groups is 1. The zero-order valence-corrected chi connectivity index (χ0v) is 26.8. The molecule has 0 radical (unpaired) electrons. The van der Waals surface area contributed by atoms with Crippen molar-refractivity contribution in [3.8, 4) is 0 Å². The van der Waals surface area contributed by atoms with E-state index in [0.29, 0.717) is 36.8 Å². The Morgan fingerprint density at radius 3 is 2.16 bits per heavy atom. The first-order valence-corrected chi connectivity index (χ1v) is 15.7. The fraction of sp³-hybridized carbons (Fsp3) is 0.455. The molecule has 0 saturated heterocycles. The number of carbonyl (C=O) groups excluding carboxylic acids is 2. The highest BCUT2D eigenvalue weighted by molar-refractivity contribution is 7.80. The lowest BCUT2D eigenvalue weighted by Crippen LogP contribution is -2.30. The summed E-state index contributed by atoms with van der Waals surface area (Å²) in [6, 6.07) is -0.154. The molecule has 2 aliphatic rings. The number of H-pyrrole nitrogens is 2. The predicted octanol–water partition coefficient (Wildman–Crippen LogP) is 2.71. The van der Waals surface area contributed by atoms with E-state index in [1.807, 2.05) is 46.8 Å². The molecular formula is C33H42N4O6S. The van der Waals surface area contributed by atoms with E-state index >= 15 is 0 Å². The fourth-order valence-corrected chi connectivity index (χ4v) is 6.53. The molecule has 4 heterocycles. The molecule has 2 aromatic heterocycles. The number of allylic oxidation sites excluding steroid dienone is 1. The summed E-state index contributed by atoms with van der Waals surface area (Å²) in [6.45, 7) is 9.69. The highest BCUT2D eigenvalue weighted by Crippen LogP contribution is 2.28. The molecule has 4 rings (SSSR count). The third kappa shape index (κ3) is 6.88. The quantitative estimate of drug-likeness (QED) is 0.170. The lowest BCUT2D eigenvalue weighted by molar-refractivity contribution is -0.138. The molecule has 2 atom stereocenters. The standard InChI is InChI=1S/C33H42N4O6S/c1-6-20-16(2)26(36-33(20)43)13-24-17(3)21(7-9-30(38)39)27(34-24)15-28-22(8-10-31(40)41)18(4)25(35-28)14-29-23(11-12-44)19(5)32(42)37-29/h14-15,19,26,34-35,44H,6-13H2,1-5H3,(H,36,43)(H,37,42)(H,38,39)(H,40,41)/b25-14+,28-15-/t19?,26-/m1/s1. The van der Waals surface area contributed by atoms with Crippen LogP contribution in [0.15, 0.2) is 22.4 Å². The van der Waals surface area contributed by atoms with Crippen LogP contribution in [0.2, 0.25) is 0 Å². The number of rotatable bonds is 13. The van der Waals surface area contributed by atoms with E-state index in [2.05, 4.69) is 33.2 Å². The molecule has 2 amide bonds. The highest BCUT2D eigenvalue weighted by Gasteiger charge is 2.30. The maximum absolute atomic E-state index is 12.5. The summed E-state index contributed by atoms with van der Waals surface area (Å²) in [6.07, 6.45) is 6.16. The highest BCUT2D eigenvalue weighted by atomic mass is 32.1. The normalized spacial score (nSPS) is 19.4. The van der Waals surface area contributed by atoms with Crippen molar-refractivity contribution in [3.05, 3.63) is 66.8 Å². The number of hydrogen-bond donors (Lipinski definition) is 7. The van der Waals surface area contributed by atoms with Gasteiger partial charge in [0.2, 0.25) is 11.8 Å². The lowest BCUT2D eigenvalue weighted by atomic mass is 9.98. The Bertz CT molecular complexity index is 1690. The maximum atomic E-state index is 12.5. The van der Waals surface area contributed by atoms with E-state index in [9.17, 15) is 29.4 Å². The first-order chi connectivity index (χ1) is 20.9. The predicted molar refractivity (Wildman–Crippen MR) is 172 cm³/mol. The minimum absolute atomic E-state index is 0.0489. The largest absolute Gasteiger partial charge is 0.481 e. The van der Waals surface area contributed by atoms with E-state index < -0.39 is 11.9 Å². The van der Waals surface area contributed by atoms with Crippen LogP contribution in [0.5, 0.6) is 0 Å². The van der Waals surface area contributed by atoms with Crippen LogP contribution in [0.1, 0.15) is 80.1 Å². The number of hydrogen-bond acceptors (Lipinski definition) is 5. The molecule has 10 nitrogen and oxygen atoms in total. The third-order valence-electron chi connectivity index (χ3n) is 8.96. The van der Waals surface area contributed by atoms with E-state index in [0.717, 1.165) is 61.4 Å². The summed E-state index contributed by atoms with van der Waals surface area (Å²) in [7, 11) is 0. The summed E-state index contributed by atoms with van der Waals surface area (Å²) < 4.78 is 0. The molecule has 0 fully saturated rings. The summed E-state index contributed by atoms with van der Waals surface area (Å²) in [5.74, 6) is -1.58. The first kappa shape index (κ1) is 32.9. The number of amides is 2. The van der Waals surface area contributed by atoms with Crippen LogP contribution in [-0.4, -0.2) is 55.7 Å². The van der Waals surface area contributed by atoms with Crippen LogP contribution in [0.4, 0.5) is 0 Å². The Hall–Kier alpha value is -3.99. The number of nitrogens with one attached hydrogen (secondary N) is 4. The van der Waals surface area contributed by atoms with Crippen molar-refractivity contribution in [2.24, 2.45) is 5.92 Å². The van der Waals surface area contributed by atoms with E-state index in [-0.39, 0.29) is 43.0 Å². The van der Waals surface area contributed by atoms with Gasteiger partial charge in [-0.1, -0.05) is 6.92 Å². The second-order valence-corrected chi connectivity index (χ2v) is 12.1. The van der Waals surface area contributed by atoms with Gasteiger partial charge in [0.05, 0.1) is 12.0 Å². The monoisotopic (exact) mass is 622 g/mol. The lowest BCUT2D eigenvalue weighted by Gasteiger charge is -2.12. The molecule has 6 N–H and O–H groups in total. The van der Waals surface area contributed by atoms with Gasteiger partial charge in [-0.2, -0.15) is 12.6 Å². The number of carboxylic acid groups (broad SMARTS) is 2. The molecule has 2 aromatic rings. The third-order valence-corrected chi connectivity index (χ3v) is 9.19. The SMILES string of the molecule is CCC1=C(C)[C@@H](Cc2[nH]c(/C=c3\[nH]/c(=C/C4=C(CCS)C(C)C(=O)N4)c(C)c3CCC(=O)O)c(CCC(=O)O)c2C)NC1=O. The number of carbonyl (C=O) groups is 4. The molecular weight excluding hydrogens is 580 g/mol. The minimum Gasteiger partial charge on any atom is -0.481 e. The summed E-state index contributed by atoms with van der Waals surface area (Å²) in [5.41, 5.74) is 8.68. The molecule has 0 spiro atoms. The van der Waals surface area contributed by atoms with Gasteiger partial charge in [0.1, 0.15) is 0 Å². The van der Waals surface area contributed by atoms with Crippen LogP contribution in [0.3, 0.4) is 0 Å². The molecule has 0 bridgehead atoms. The van der Waals surface area contributed by atoms with Gasteiger partial charge in [0.15, 0.2) is 0 Å². The topological polar surface area (TPSA) is 164 Å². The Kier molecular flexibility index (Phi) is 10.3. The van der Waals surface area contributed by atoms with Gasteiger partial charge < -0.3 is 30.8 Å². The first-order valence-electron chi connectivity index (χ1n) is 15.1. The van der Waals surface area contributed by atoms with Crippen molar-refractivity contribution < 1.29 is 29.4 Å². The average molecular weight is 623 g/mol. The zero-order valence-electron chi connectivity index (χ0n) is 25.9. The Balaban J connectivity index is 1.86. The van der Waals surface area contributed by atoms with Crippen molar-refractivity contribution >= 4 is 48.5 Å². The van der Waals surface area contributed by atoms with Gasteiger partial charge in [-0.05, 0) is 105 Å². The molecule has 0 aromatic carbocycles. The molecule has 236 valence electrons.